The molecule has 4 nitrogen and oxygen atoms in total. The first-order valence-corrected chi connectivity index (χ1v) is 6.50. The van der Waals surface area contributed by atoms with Gasteiger partial charge in [-0.2, -0.15) is 4.98 Å². The van der Waals surface area contributed by atoms with E-state index in [1.165, 1.54) is 0 Å². The quantitative estimate of drug-likeness (QED) is 0.937. The smallest absolute Gasteiger partial charge is 0.238 e. The van der Waals surface area contributed by atoms with E-state index in [2.05, 4.69) is 38.1 Å². The molecule has 0 atom stereocenters. The van der Waals surface area contributed by atoms with Gasteiger partial charge in [0.15, 0.2) is 0 Å². The number of hydrogen-bond donors (Lipinski definition) is 1. The molecule has 1 heterocycles. The number of ether oxygens (including phenoxy) is 1. The van der Waals surface area contributed by atoms with Gasteiger partial charge in [0, 0.05) is 7.05 Å². The van der Waals surface area contributed by atoms with Crippen LogP contribution in [-0.4, -0.2) is 17.0 Å². The molecule has 0 aliphatic rings. The first kappa shape index (κ1) is 12.8. The van der Waals surface area contributed by atoms with Crippen molar-refractivity contribution in [2.75, 3.05) is 12.4 Å². The molecule has 0 aliphatic carbocycles. The molecule has 2 aromatic rings. The molecule has 1 aromatic heterocycles. The Morgan fingerprint density at radius 3 is 2.83 bits per heavy atom. The minimum absolute atomic E-state index is 0.509. The van der Waals surface area contributed by atoms with Gasteiger partial charge >= 0.3 is 0 Å². The highest BCUT2D eigenvalue weighted by Crippen LogP contribution is 2.30. The van der Waals surface area contributed by atoms with Crippen molar-refractivity contribution >= 4 is 21.9 Å². The van der Waals surface area contributed by atoms with E-state index in [9.17, 15) is 0 Å². The molecular weight excluding hydrogens is 294 g/mol. The Morgan fingerprint density at radius 1 is 1.33 bits per heavy atom. The predicted molar refractivity (Wildman–Crippen MR) is 75.2 cm³/mol. The Balaban J connectivity index is 2.33. The summed E-state index contributed by atoms with van der Waals surface area (Å²) in [5, 5.41) is 2.89. The van der Waals surface area contributed by atoms with Crippen LogP contribution in [0.1, 0.15) is 12.5 Å². The van der Waals surface area contributed by atoms with Gasteiger partial charge in [0.25, 0.3) is 0 Å². The van der Waals surface area contributed by atoms with Gasteiger partial charge in [-0.3, -0.25) is 0 Å². The second-order valence-corrected chi connectivity index (χ2v) is 4.51. The fourth-order valence-corrected chi connectivity index (χ4v) is 1.82. The summed E-state index contributed by atoms with van der Waals surface area (Å²) in [7, 11) is 1.77. The lowest BCUT2D eigenvalue weighted by Crippen LogP contribution is -1.99. The van der Waals surface area contributed by atoms with E-state index in [1.807, 2.05) is 24.3 Å². The number of nitrogens with one attached hydrogen (secondary N) is 1. The second-order valence-electron chi connectivity index (χ2n) is 3.66. The number of benzene rings is 1. The molecule has 0 spiro atoms. The summed E-state index contributed by atoms with van der Waals surface area (Å²) in [6, 6.07) is 7.93. The molecule has 0 aliphatic heterocycles. The number of aromatic nitrogens is 2. The summed E-state index contributed by atoms with van der Waals surface area (Å²) in [5.41, 5.74) is 1.15. The van der Waals surface area contributed by atoms with E-state index in [4.69, 9.17) is 4.74 Å². The topological polar surface area (TPSA) is 47.0 Å². The van der Waals surface area contributed by atoms with Gasteiger partial charge in [-0.15, -0.1) is 0 Å². The second kappa shape index (κ2) is 5.82. The van der Waals surface area contributed by atoms with Gasteiger partial charge in [-0.1, -0.05) is 25.1 Å². The Kier molecular flexibility index (Phi) is 4.15. The SMILES string of the molecule is CCc1ccccc1Oc1nc(NC)ncc1Br. The molecule has 0 saturated carbocycles. The summed E-state index contributed by atoms with van der Waals surface area (Å²) in [5.74, 6) is 1.86. The molecule has 0 unspecified atom stereocenters. The maximum atomic E-state index is 5.84. The first-order chi connectivity index (χ1) is 8.74. The number of rotatable bonds is 4. The monoisotopic (exact) mass is 307 g/mol. The van der Waals surface area contributed by atoms with Gasteiger partial charge in [0.2, 0.25) is 11.8 Å². The molecule has 5 heteroatoms. The molecule has 94 valence electrons. The molecule has 1 aromatic carbocycles. The molecule has 0 radical (unpaired) electrons. The van der Waals surface area contributed by atoms with Crippen molar-refractivity contribution in [3.8, 4) is 11.6 Å². The lowest BCUT2D eigenvalue weighted by molar-refractivity contribution is 0.454. The highest BCUT2D eigenvalue weighted by atomic mass is 79.9. The first-order valence-electron chi connectivity index (χ1n) is 5.70. The maximum absolute atomic E-state index is 5.84. The van der Waals surface area contributed by atoms with E-state index in [0.717, 1.165) is 22.2 Å². The minimum Gasteiger partial charge on any atom is -0.437 e. The van der Waals surface area contributed by atoms with Crippen molar-refractivity contribution in [2.45, 2.75) is 13.3 Å². The number of hydrogen-bond acceptors (Lipinski definition) is 4. The van der Waals surface area contributed by atoms with Gasteiger partial charge in [0.05, 0.1) is 10.7 Å². The average Bonchev–Trinajstić information content (AvgIpc) is 2.42. The van der Waals surface area contributed by atoms with Crippen LogP contribution in [0.5, 0.6) is 11.6 Å². The number of anilines is 1. The van der Waals surface area contributed by atoms with Crippen LogP contribution >= 0.6 is 15.9 Å². The number of aryl methyl sites for hydroxylation is 1. The minimum atomic E-state index is 0.509. The van der Waals surface area contributed by atoms with Crippen LogP contribution in [-0.2, 0) is 6.42 Å². The Morgan fingerprint density at radius 2 is 2.11 bits per heavy atom. The standard InChI is InChI=1S/C13H14BrN3O/c1-3-9-6-4-5-7-11(9)18-12-10(14)8-16-13(15-2)17-12/h4-8H,3H2,1-2H3,(H,15,16,17). The lowest BCUT2D eigenvalue weighted by atomic mass is 10.1. The van der Waals surface area contributed by atoms with Crippen LogP contribution in [0.3, 0.4) is 0 Å². The molecular formula is C13H14BrN3O. The normalized spacial score (nSPS) is 10.2. The van der Waals surface area contributed by atoms with Crippen molar-refractivity contribution in [2.24, 2.45) is 0 Å². The van der Waals surface area contributed by atoms with Crippen LogP contribution in [0.15, 0.2) is 34.9 Å². The summed E-state index contributed by atoms with van der Waals surface area (Å²) in [6.07, 6.45) is 2.58. The third kappa shape index (κ3) is 2.79. The largest absolute Gasteiger partial charge is 0.437 e. The van der Waals surface area contributed by atoms with Gasteiger partial charge < -0.3 is 10.1 Å². The van der Waals surface area contributed by atoms with Crippen LogP contribution in [0.4, 0.5) is 5.95 Å². The summed E-state index contributed by atoms with van der Waals surface area (Å²) < 4.78 is 6.56. The van der Waals surface area contributed by atoms with Gasteiger partial charge in [0.1, 0.15) is 5.75 Å². The van der Waals surface area contributed by atoms with Crippen LogP contribution < -0.4 is 10.1 Å². The Labute approximate surface area is 115 Å². The average molecular weight is 308 g/mol. The third-order valence-corrected chi connectivity index (χ3v) is 3.04. The molecule has 1 N–H and O–H groups in total. The van der Waals surface area contributed by atoms with Gasteiger partial charge in [-0.25, -0.2) is 4.98 Å². The molecule has 18 heavy (non-hydrogen) atoms. The molecule has 0 amide bonds. The maximum Gasteiger partial charge on any atom is 0.238 e. The summed E-state index contributed by atoms with van der Waals surface area (Å²) >= 11 is 3.39. The Bertz CT molecular complexity index is 546. The highest BCUT2D eigenvalue weighted by molar-refractivity contribution is 9.10. The van der Waals surface area contributed by atoms with Crippen LogP contribution in [0.25, 0.3) is 0 Å². The number of nitrogens with zero attached hydrogens (tertiary/aromatic N) is 2. The van der Waals surface area contributed by atoms with Crippen LogP contribution in [0, 0.1) is 0 Å². The number of halogens is 1. The molecule has 0 bridgehead atoms. The van der Waals surface area contributed by atoms with Crippen molar-refractivity contribution in [3.05, 3.63) is 40.5 Å². The highest BCUT2D eigenvalue weighted by Gasteiger charge is 2.09. The van der Waals surface area contributed by atoms with E-state index >= 15 is 0 Å². The van der Waals surface area contributed by atoms with E-state index in [-0.39, 0.29) is 0 Å². The molecule has 2 rings (SSSR count). The van der Waals surface area contributed by atoms with Crippen molar-refractivity contribution < 1.29 is 4.74 Å². The Hall–Kier alpha value is -1.62. The van der Waals surface area contributed by atoms with E-state index in [1.54, 1.807) is 13.2 Å². The predicted octanol–water partition coefficient (Wildman–Crippen LogP) is 3.64. The summed E-state index contributed by atoms with van der Waals surface area (Å²) in [4.78, 5) is 8.36. The van der Waals surface area contributed by atoms with Crippen molar-refractivity contribution in [1.82, 2.24) is 9.97 Å². The summed E-state index contributed by atoms with van der Waals surface area (Å²) in [6.45, 7) is 2.09. The number of para-hydroxylation sites is 1. The van der Waals surface area contributed by atoms with Crippen molar-refractivity contribution in [3.63, 3.8) is 0 Å². The fourth-order valence-electron chi connectivity index (χ4n) is 1.54. The zero-order valence-electron chi connectivity index (χ0n) is 10.3. The molecule has 0 saturated heterocycles. The third-order valence-electron chi connectivity index (χ3n) is 2.50. The van der Waals surface area contributed by atoms with Crippen molar-refractivity contribution in [1.29, 1.82) is 0 Å². The molecule has 0 fully saturated rings. The van der Waals surface area contributed by atoms with Crippen LogP contribution in [0.2, 0.25) is 0 Å². The van der Waals surface area contributed by atoms with E-state index < -0.39 is 0 Å². The van der Waals surface area contributed by atoms with Gasteiger partial charge in [-0.05, 0) is 34.0 Å². The zero-order chi connectivity index (χ0) is 13.0. The fraction of sp³-hybridized carbons (Fsp3) is 0.231. The van der Waals surface area contributed by atoms with E-state index in [0.29, 0.717) is 11.8 Å². The zero-order valence-corrected chi connectivity index (χ0v) is 11.9. The lowest BCUT2D eigenvalue weighted by Gasteiger charge is -2.10.